The average molecular weight is 258 g/mol. The summed E-state index contributed by atoms with van der Waals surface area (Å²) >= 11 is -0.542. The van der Waals surface area contributed by atoms with Gasteiger partial charge in [0.25, 0.3) is 0 Å². The summed E-state index contributed by atoms with van der Waals surface area (Å²) in [6.07, 6.45) is -5.56. The predicted octanol–water partition coefficient (Wildman–Crippen LogP) is 3.94. The molecule has 0 saturated carbocycles. The first-order chi connectivity index (χ1) is 7.26. The number of hydrogen-bond acceptors (Lipinski definition) is 2. The third-order valence-corrected chi connectivity index (χ3v) is 2.63. The third kappa shape index (κ3) is 3.01. The summed E-state index contributed by atoms with van der Waals surface area (Å²) in [6, 6.07) is 4.91. The summed E-state index contributed by atoms with van der Waals surface area (Å²) in [7, 11) is 1.37. The highest BCUT2D eigenvalue weighted by Crippen LogP contribution is 2.47. The van der Waals surface area contributed by atoms with E-state index >= 15 is 0 Å². The van der Waals surface area contributed by atoms with Gasteiger partial charge in [0.15, 0.2) is 0 Å². The maximum atomic E-state index is 12.6. The number of benzene rings is 1. The van der Waals surface area contributed by atoms with E-state index < -0.39 is 23.2 Å². The van der Waals surface area contributed by atoms with Gasteiger partial charge >= 0.3 is 11.4 Å². The first-order valence-electron chi connectivity index (χ1n) is 4.04. The highest BCUT2D eigenvalue weighted by molar-refractivity contribution is 8.00. The van der Waals surface area contributed by atoms with Crippen LogP contribution in [0.25, 0.3) is 0 Å². The minimum absolute atomic E-state index is 0.178. The van der Waals surface area contributed by atoms with Gasteiger partial charge in [-0.2, -0.15) is 22.0 Å². The number of ether oxygens (including phenoxy) is 1. The monoisotopic (exact) mass is 258 g/mol. The summed E-state index contributed by atoms with van der Waals surface area (Å²) in [5.41, 5.74) is 0. The normalized spacial score (nSPS) is 12.6. The van der Waals surface area contributed by atoms with E-state index in [0.29, 0.717) is 5.75 Å². The molecule has 1 aromatic carbocycles. The molecule has 0 radical (unpaired) electrons. The van der Waals surface area contributed by atoms with E-state index in [0.717, 1.165) is 12.1 Å². The smallest absolute Gasteiger partial charge is 0.464 e. The van der Waals surface area contributed by atoms with Crippen molar-refractivity contribution in [3.63, 3.8) is 0 Å². The van der Waals surface area contributed by atoms with Crippen LogP contribution in [0.5, 0.6) is 5.75 Å². The van der Waals surface area contributed by atoms with Gasteiger partial charge in [0.2, 0.25) is 0 Å². The third-order valence-electron chi connectivity index (χ3n) is 1.64. The molecule has 16 heavy (non-hydrogen) atoms. The van der Waals surface area contributed by atoms with E-state index in [4.69, 9.17) is 4.74 Å². The van der Waals surface area contributed by atoms with Gasteiger partial charge in [-0.25, -0.2) is 0 Å². The van der Waals surface area contributed by atoms with Crippen LogP contribution in [0, 0.1) is 0 Å². The summed E-state index contributed by atoms with van der Waals surface area (Å²) in [4.78, 5) is -0.178. The molecule has 0 heterocycles. The standard InChI is InChI=1S/C9H7F5OS/c1-15-6-2-4-7(5-3-6)16-9(13,14)8(10,11)12/h2-5H,1H3. The van der Waals surface area contributed by atoms with Crippen molar-refractivity contribution in [2.75, 3.05) is 7.11 Å². The Labute approximate surface area is 92.6 Å². The number of hydrogen-bond donors (Lipinski definition) is 0. The van der Waals surface area contributed by atoms with Crippen LogP contribution in [0.2, 0.25) is 0 Å². The van der Waals surface area contributed by atoms with E-state index in [1.807, 2.05) is 0 Å². The molecule has 0 aliphatic carbocycles. The predicted molar refractivity (Wildman–Crippen MR) is 49.9 cm³/mol. The lowest BCUT2D eigenvalue weighted by Crippen LogP contribution is -2.32. The number of thioether (sulfide) groups is 1. The molecule has 0 amide bonds. The van der Waals surface area contributed by atoms with Crippen LogP contribution in [0.15, 0.2) is 29.2 Å². The fraction of sp³-hybridized carbons (Fsp3) is 0.333. The van der Waals surface area contributed by atoms with Crippen LogP contribution < -0.4 is 4.74 Å². The van der Waals surface area contributed by atoms with Crippen LogP contribution >= 0.6 is 11.8 Å². The summed E-state index contributed by atoms with van der Waals surface area (Å²) in [5, 5.41) is -4.79. The highest BCUT2D eigenvalue weighted by Gasteiger charge is 2.58. The molecule has 1 aromatic rings. The van der Waals surface area contributed by atoms with Crippen LogP contribution in [0.4, 0.5) is 22.0 Å². The summed E-state index contributed by atoms with van der Waals surface area (Å²) in [6.45, 7) is 0. The Morgan fingerprint density at radius 2 is 1.50 bits per heavy atom. The van der Waals surface area contributed by atoms with Gasteiger partial charge in [-0.15, -0.1) is 0 Å². The van der Waals surface area contributed by atoms with Crippen molar-refractivity contribution in [3.05, 3.63) is 24.3 Å². The van der Waals surface area contributed by atoms with Crippen LogP contribution in [-0.4, -0.2) is 18.5 Å². The number of halogens is 5. The highest BCUT2D eigenvalue weighted by atomic mass is 32.2. The lowest BCUT2D eigenvalue weighted by Gasteiger charge is -2.18. The van der Waals surface area contributed by atoms with Gasteiger partial charge in [0, 0.05) is 4.90 Å². The maximum absolute atomic E-state index is 12.6. The zero-order chi connectivity index (χ0) is 12.4. The average Bonchev–Trinajstić information content (AvgIpc) is 2.16. The number of alkyl halides is 5. The van der Waals surface area contributed by atoms with Gasteiger partial charge in [0.05, 0.1) is 7.11 Å². The zero-order valence-corrected chi connectivity index (χ0v) is 8.83. The van der Waals surface area contributed by atoms with Gasteiger partial charge in [-0.05, 0) is 36.0 Å². The molecule has 0 saturated heterocycles. The Bertz CT molecular complexity index is 346. The quantitative estimate of drug-likeness (QED) is 0.600. The molecule has 0 aliphatic rings. The van der Waals surface area contributed by atoms with Crippen molar-refractivity contribution < 1.29 is 26.7 Å². The number of rotatable bonds is 3. The zero-order valence-electron chi connectivity index (χ0n) is 8.02. The molecule has 1 nitrogen and oxygen atoms in total. The second kappa shape index (κ2) is 4.48. The van der Waals surface area contributed by atoms with Crippen LogP contribution in [0.3, 0.4) is 0 Å². The van der Waals surface area contributed by atoms with Crippen molar-refractivity contribution in [2.45, 2.75) is 16.3 Å². The van der Waals surface area contributed by atoms with Crippen LogP contribution in [-0.2, 0) is 0 Å². The fourth-order valence-corrected chi connectivity index (χ4v) is 1.53. The Hall–Kier alpha value is -0.980. The summed E-state index contributed by atoms with van der Waals surface area (Å²) < 4.78 is 65.6. The molecule has 0 unspecified atom stereocenters. The van der Waals surface area contributed by atoms with Gasteiger partial charge in [-0.1, -0.05) is 0 Å². The van der Waals surface area contributed by atoms with Gasteiger partial charge in [-0.3, -0.25) is 0 Å². The second-order valence-electron chi connectivity index (χ2n) is 2.79. The largest absolute Gasteiger partial charge is 0.497 e. The molecule has 0 aromatic heterocycles. The van der Waals surface area contributed by atoms with E-state index in [2.05, 4.69) is 0 Å². The molecule has 0 spiro atoms. The molecule has 90 valence electrons. The van der Waals surface area contributed by atoms with E-state index in [1.54, 1.807) is 0 Å². The maximum Gasteiger partial charge on any atom is 0.464 e. The molecule has 7 heteroatoms. The number of methoxy groups -OCH3 is 1. The van der Waals surface area contributed by atoms with E-state index in [9.17, 15) is 22.0 Å². The van der Waals surface area contributed by atoms with Crippen molar-refractivity contribution in [1.29, 1.82) is 0 Å². The molecule has 0 bridgehead atoms. The first kappa shape index (κ1) is 13.1. The Morgan fingerprint density at radius 1 is 1.00 bits per heavy atom. The van der Waals surface area contributed by atoms with Crippen molar-refractivity contribution in [2.24, 2.45) is 0 Å². The Balaban J connectivity index is 2.80. The molecule has 0 fully saturated rings. The SMILES string of the molecule is COc1ccc(SC(F)(F)C(F)(F)F)cc1. The van der Waals surface area contributed by atoms with Gasteiger partial charge in [0.1, 0.15) is 5.75 Å². The van der Waals surface area contributed by atoms with E-state index in [1.165, 1.54) is 19.2 Å². The molecule has 1 rings (SSSR count). The lowest BCUT2D eigenvalue weighted by atomic mass is 10.3. The Kier molecular flexibility index (Phi) is 3.67. The Morgan fingerprint density at radius 3 is 1.88 bits per heavy atom. The van der Waals surface area contributed by atoms with E-state index in [-0.39, 0.29) is 4.90 Å². The fourth-order valence-electron chi connectivity index (χ4n) is 0.850. The van der Waals surface area contributed by atoms with Crippen LogP contribution in [0.1, 0.15) is 0 Å². The lowest BCUT2D eigenvalue weighted by molar-refractivity contribution is -0.237. The molecule has 0 atom stereocenters. The van der Waals surface area contributed by atoms with Gasteiger partial charge < -0.3 is 4.74 Å². The van der Waals surface area contributed by atoms with Crippen molar-refractivity contribution >= 4 is 11.8 Å². The minimum atomic E-state index is -5.56. The topological polar surface area (TPSA) is 9.23 Å². The van der Waals surface area contributed by atoms with Crippen molar-refractivity contribution in [1.82, 2.24) is 0 Å². The second-order valence-corrected chi connectivity index (χ2v) is 3.98. The first-order valence-corrected chi connectivity index (χ1v) is 4.85. The van der Waals surface area contributed by atoms with Crippen molar-refractivity contribution in [3.8, 4) is 5.75 Å². The molecular weight excluding hydrogens is 251 g/mol. The molecular formula is C9H7F5OS. The molecule has 0 aliphatic heterocycles. The minimum Gasteiger partial charge on any atom is -0.497 e. The molecule has 0 N–H and O–H groups in total. The summed E-state index contributed by atoms with van der Waals surface area (Å²) in [5.74, 6) is 0.389.